The number of hydrogen-bond donors (Lipinski definition) is 0. The molecular formula is C39H29N3. The van der Waals surface area contributed by atoms with Gasteiger partial charge >= 0.3 is 0 Å². The highest BCUT2D eigenvalue weighted by molar-refractivity contribution is 5.97. The van der Waals surface area contributed by atoms with Gasteiger partial charge < -0.3 is 9.47 Å². The van der Waals surface area contributed by atoms with Crippen molar-refractivity contribution in [2.45, 2.75) is 13.0 Å². The predicted octanol–water partition coefficient (Wildman–Crippen LogP) is 9.75. The summed E-state index contributed by atoms with van der Waals surface area (Å²) in [6, 6.07) is 49.6. The first kappa shape index (κ1) is 24.4. The lowest BCUT2D eigenvalue weighted by Gasteiger charge is -2.27. The van der Waals surface area contributed by atoms with Crippen LogP contribution in [0.1, 0.15) is 16.8 Å². The van der Waals surface area contributed by atoms with Crippen molar-refractivity contribution < 1.29 is 0 Å². The molecule has 0 radical (unpaired) electrons. The van der Waals surface area contributed by atoms with Crippen LogP contribution in [0, 0.1) is 0 Å². The van der Waals surface area contributed by atoms with Gasteiger partial charge in [-0.1, -0.05) is 121 Å². The maximum Gasteiger partial charge on any atom is 0.134 e. The van der Waals surface area contributed by atoms with E-state index in [1.54, 1.807) is 0 Å². The molecule has 2 aromatic heterocycles. The molecule has 200 valence electrons. The van der Waals surface area contributed by atoms with Gasteiger partial charge in [0.05, 0.1) is 29.1 Å². The third-order valence-corrected chi connectivity index (χ3v) is 8.32. The van der Waals surface area contributed by atoms with E-state index in [9.17, 15) is 0 Å². The third-order valence-electron chi connectivity index (χ3n) is 8.32. The first-order chi connectivity index (χ1) is 20.8. The molecule has 0 spiro atoms. The van der Waals surface area contributed by atoms with Crippen LogP contribution in [-0.2, 0) is 13.0 Å². The molecule has 0 aliphatic carbocycles. The van der Waals surface area contributed by atoms with E-state index < -0.39 is 0 Å². The Bertz CT molecular complexity index is 2100. The van der Waals surface area contributed by atoms with Gasteiger partial charge in [-0.2, -0.15) is 0 Å². The number of nitrogens with zero attached hydrogens (tertiary/aromatic N) is 3. The summed E-state index contributed by atoms with van der Waals surface area (Å²) in [5.74, 6) is 0.936. The zero-order valence-electron chi connectivity index (χ0n) is 23.2. The molecule has 3 nitrogen and oxygen atoms in total. The van der Waals surface area contributed by atoms with Crippen molar-refractivity contribution in [2.75, 3.05) is 4.90 Å². The molecule has 0 unspecified atom stereocenters. The summed E-state index contributed by atoms with van der Waals surface area (Å²) in [4.78, 5) is 7.64. The molecule has 8 rings (SSSR count). The van der Waals surface area contributed by atoms with E-state index in [1.807, 2.05) is 6.07 Å². The van der Waals surface area contributed by atoms with Crippen LogP contribution in [-0.4, -0.2) is 9.55 Å². The molecule has 1 aliphatic heterocycles. The highest BCUT2D eigenvalue weighted by Crippen LogP contribution is 2.39. The summed E-state index contributed by atoms with van der Waals surface area (Å²) < 4.78 is 2.47. The molecule has 3 heteroatoms. The Morgan fingerprint density at radius 2 is 1.29 bits per heavy atom. The number of fused-ring (bicyclic) bond motifs is 5. The molecule has 0 saturated heterocycles. The molecule has 0 atom stereocenters. The zero-order valence-corrected chi connectivity index (χ0v) is 23.2. The molecule has 0 amide bonds. The Balaban J connectivity index is 1.40. The first-order valence-corrected chi connectivity index (χ1v) is 14.5. The van der Waals surface area contributed by atoms with E-state index in [1.165, 1.54) is 49.9 Å². The molecule has 0 bridgehead atoms. The van der Waals surface area contributed by atoms with Crippen molar-refractivity contribution in [1.82, 2.24) is 9.55 Å². The summed E-state index contributed by atoms with van der Waals surface area (Å²) in [5, 5.41) is 3.73. The van der Waals surface area contributed by atoms with E-state index >= 15 is 0 Å². The number of anilines is 2. The lowest BCUT2D eigenvalue weighted by atomic mass is 10.1. The van der Waals surface area contributed by atoms with Crippen molar-refractivity contribution in [3.63, 3.8) is 0 Å². The Morgan fingerprint density at radius 1 is 0.571 bits per heavy atom. The maximum atomic E-state index is 5.24. The van der Waals surface area contributed by atoms with Gasteiger partial charge in [0.1, 0.15) is 5.82 Å². The molecule has 0 saturated carbocycles. The van der Waals surface area contributed by atoms with Crippen molar-refractivity contribution in [3.8, 4) is 16.9 Å². The molecule has 7 aromatic rings. The highest BCUT2D eigenvalue weighted by atomic mass is 15.2. The highest BCUT2D eigenvalue weighted by Gasteiger charge is 2.24. The number of hydrogen-bond acceptors (Lipinski definition) is 2. The molecule has 1 aliphatic rings. The summed E-state index contributed by atoms with van der Waals surface area (Å²) >= 11 is 0. The molecule has 42 heavy (non-hydrogen) atoms. The average molecular weight is 540 g/mol. The van der Waals surface area contributed by atoms with E-state index in [4.69, 9.17) is 4.98 Å². The van der Waals surface area contributed by atoms with Gasteiger partial charge in [0.25, 0.3) is 0 Å². The molecule has 0 fully saturated rings. The van der Waals surface area contributed by atoms with E-state index in [2.05, 4.69) is 155 Å². The van der Waals surface area contributed by atoms with Crippen LogP contribution in [0.25, 0.3) is 44.7 Å². The topological polar surface area (TPSA) is 21.1 Å². The minimum absolute atomic E-state index is 0.666. The first-order valence-electron chi connectivity index (χ1n) is 14.5. The predicted molar refractivity (Wildman–Crippen MR) is 175 cm³/mol. The number of aromatic nitrogens is 2. The second-order valence-corrected chi connectivity index (χ2v) is 10.8. The smallest absolute Gasteiger partial charge is 0.134 e. The third kappa shape index (κ3) is 4.10. The van der Waals surface area contributed by atoms with Gasteiger partial charge in [0, 0.05) is 27.6 Å². The van der Waals surface area contributed by atoms with E-state index in [0.29, 0.717) is 6.54 Å². The minimum Gasteiger partial charge on any atom is -0.320 e. The fourth-order valence-electron chi connectivity index (χ4n) is 6.37. The zero-order chi connectivity index (χ0) is 27.9. The van der Waals surface area contributed by atoms with E-state index in [0.717, 1.165) is 23.5 Å². The largest absolute Gasteiger partial charge is 0.320 e. The van der Waals surface area contributed by atoms with Crippen LogP contribution in [0.4, 0.5) is 11.5 Å². The number of para-hydroxylation sites is 2. The SMILES string of the molecule is C1=C\c2c(n(-c3cccc4ccccc34)c3ccccc23)CN(c2cccc(-c3ccccc3)n2)c2ccccc2C/1. The average Bonchev–Trinajstić information content (AvgIpc) is 3.39. The second-order valence-electron chi connectivity index (χ2n) is 10.8. The number of pyridine rings is 1. The standard InChI is InChI=1S/C39H29N3/c1-2-14-29(15-3-1)34-22-12-26-39(40-34)41-27-38-33(21-10-18-30-16-5-8-23-35(30)41)32-20-7-9-24-37(32)42(38)36-25-11-17-28-13-4-6-19-31(28)36/h1-17,19-26H,18,27H2/b21-10-. The van der Waals surface area contributed by atoms with Crippen molar-refractivity contribution in [1.29, 1.82) is 0 Å². The quantitative estimate of drug-likeness (QED) is 0.223. The van der Waals surface area contributed by atoms with Crippen LogP contribution >= 0.6 is 0 Å². The summed E-state index contributed by atoms with van der Waals surface area (Å²) in [6.45, 7) is 0.666. The Hall–Kier alpha value is -5.41. The molecule has 3 heterocycles. The molecular weight excluding hydrogens is 510 g/mol. The monoisotopic (exact) mass is 539 g/mol. The van der Waals surface area contributed by atoms with Crippen molar-refractivity contribution in [3.05, 3.63) is 162 Å². The fraction of sp³-hybridized carbons (Fsp3) is 0.0513. The summed E-state index contributed by atoms with van der Waals surface area (Å²) in [7, 11) is 0. The van der Waals surface area contributed by atoms with Crippen LogP contribution < -0.4 is 4.90 Å². The number of rotatable bonds is 3. The normalized spacial score (nSPS) is 13.7. The van der Waals surface area contributed by atoms with Gasteiger partial charge in [-0.3, -0.25) is 0 Å². The van der Waals surface area contributed by atoms with Crippen LogP contribution in [0.3, 0.4) is 0 Å². The Morgan fingerprint density at radius 3 is 2.21 bits per heavy atom. The van der Waals surface area contributed by atoms with Gasteiger partial charge in [-0.15, -0.1) is 0 Å². The van der Waals surface area contributed by atoms with Crippen LogP contribution in [0.15, 0.2) is 146 Å². The Labute approximate surface area is 245 Å². The fourth-order valence-corrected chi connectivity index (χ4v) is 6.37. The number of benzene rings is 5. The van der Waals surface area contributed by atoms with Gasteiger partial charge in [-0.05, 0) is 47.7 Å². The lowest BCUT2D eigenvalue weighted by Crippen LogP contribution is -2.21. The van der Waals surface area contributed by atoms with Crippen molar-refractivity contribution in [2.24, 2.45) is 0 Å². The van der Waals surface area contributed by atoms with Gasteiger partial charge in [-0.25, -0.2) is 4.98 Å². The van der Waals surface area contributed by atoms with Crippen LogP contribution in [0.2, 0.25) is 0 Å². The number of allylic oxidation sites excluding steroid dienone is 1. The van der Waals surface area contributed by atoms with Gasteiger partial charge in [0.2, 0.25) is 0 Å². The summed E-state index contributed by atoms with van der Waals surface area (Å²) in [6.07, 6.45) is 5.49. The lowest BCUT2D eigenvalue weighted by molar-refractivity contribution is 0.873. The van der Waals surface area contributed by atoms with Crippen molar-refractivity contribution >= 4 is 39.3 Å². The minimum atomic E-state index is 0.666. The summed E-state index contributed by atoms with van der Waals surface area (Å²) in [5.41, 5.74) is 9.46. The Kier molecular flexibility index (Phi) is 5.93. The second kappa shape index (κ2) is 10.2. The maximum absolute atomic E-state index is 5.24. The van der Waals surface area contributed by atoms with Crippen LogP contribution in [0.5, 0.6) is 0 Å². The molecule has 5 aromatic carbocycles. The van der Waals surface area contributed by atoms with E-state index in [-0.39, 0.29) is 0 Å². The molecule has 0 N–H and O–H groups in total. The van der Waals surface area contributed by atoms with Gasteiger partial charge in [0.15, 0.2) is 0 Å².